The Morgan fingerprint density at radius 1 is 1.00 bits per heavy atom. The van der Waals surface area contributed by atoms with Gasteiger partial charge in [0.2, 0.25) is 0 Å². The zero-order valence-electron chi connectivity index (χ0n) is 11.5. The van der Waals surface area contributed by atoms with Crippen molar-refractivity contribution in [2.24, 2.45) is 0 Å². The number of benzene rings is 2. The number of hydrogen-bond donors (Lipinski definition) is 2. The zero-order valence-corrected chi connectivity index (χ0v) is 11.5. The van der Waals surface area contributed by atoms with Crippen LogP contribution in [-0.2, 0) is 0 Å². The molecule has 0 saturated carbocycles. The molecule has 0 atom stereocenters. The molecule has 21 heavy (non-hydrogen) atoms. The van der Waals surface area contributed by atoms with Crippen molar-refractivity contribution in [3.63, 3.8) is 0 Å². The van der Waals surface area contributed by atoms with E-state index < -0.39 is 0 Å². The number of aromatic amines is 1. The second kappa shape index (κ2) is 5.20. The summed E-state index contributed by atoms with van der Waals surface area (Å²) in [5, 5.41) is 8.13. The molecule has 1 heterocycles. The maximum Gasteiger partial charge on any atom is 0.278 e. The van der Waals surface area contributed by atoms with Crippen LogP contribution in [0.5, 0.6) is 0 Å². The summed E-state index contributed by atoms with van der Waals surface area (Å²) in [5.74, 6) is 0.369. The molecule has 5 nitrogen and oxygen atoms in total. The number of aryl methyl sites for hydroxylation is 1. The molecule has 3 aromatic rings. The van der Waals surface area contributed by atoms with Gasteiger partial charge in [-0.1, -0.05) is 42.0 Å². The third kappa shape index (κ3) is 2.53. The molecule has 0 bridgehead atoms. The first-order chi connectivity index (χ1) is 10.1. The van der Waals surface area contributed by atoms with Crippen LogP contribution in [0.1, 0.15) is 5.56 Å². The highest BCUT2D eigenvalue weighted by atomic mass is 16.1. The molecule has 0 saturated heterocycles. The second-order valence-corrected chi connectivity index (χ2v) is 4.80. The van der Waals surface area contributed by atoms with Crippen LogP contribution in [0.2, 0.25) is 0 Å². The van der Waals surface area contributed by atoms with Crippen molar-refractivity contribution in [1.82, 2.24) is 15.2 Å². The number of aromatic nitrogens is 3. The maximum absolute atomic E-state index is 12.2. The maximum atomic E-state index is 12.2. The van der Waals surface area contributed by atoms with Crippen molar-refractivity contribution in [1.29, 1.82) is 0 Å². The molecule has 0 amide bonds. The van der Waals surface area contributed by atoms with Gasteiger partial charge in [-0.2, -0.15) is 0 Å². The van der Waals surface area contributed by atoms with Gasteiger partial charge in [0.1, 0.15) is 0 Å². The van der Waals surface area contributed by atoms with Crippen LogP contribution in [0.3, 0.4) is 0 Å². The predicted molar refractivity (Wildman–Crippen MR) is 82.7 cm³/mol. The lowest BCUT2D eigenvalue weighted by molar-refractivity contribution is 0.963. The fraction of sp³-hybridized carbons (Fsp3) is 0.0625. The van der Waals surface area contributed by atoms with Gasteiger partial charge >= 0.3 is 0 Å². The van der Waals surface area contributed by atoms with Crippen LogP contribution in [-0.4, -0.2) is 15.2 Å². The van der Waals surface area contributed by atoms with E-state index in [1.807, 2.05) is 43.3 Å². The molecule has 0 aliphatic carbocycles. The minimum Gasteiger partial charge on any atom is -0.398 e. The summed E-state index contributed by atoms with van der Waals surface area (Å²) in [6.07, 6.45) is 0. The van der Waals surface area contributed by atoms with Gasteiger partial charge in [-0.05, 0) is 19.1 Å². The van der Waals surface area contributed by atoms with E-state index in [0.717, 1.165) is 11.1 Å². The van der Waals surface area contributed by atoms with Crippen molar-refractivity contribution in [2.75, 3.05) is 5.73 Å². The zero-order chi connectivity index (χ0) is 14.8. The Balaban J connectivity index is 2.07. The molecular formula is C16H14N4O. The number of hydrogen-bond acceptors (Lipinski definition) is 4. The third-order valence-electron chi connectivity index (χ3n) is 3.24. The number of nitrogens with one attached hydrogen (secondary N) is 1. The van der Waals surface area contributed by atoms with Gasteiger partial charge in [-0.25, -0.2) is 0 Å². The van der Waals surface area contributed by atoms with Crippen molar-refractivity contribution in [3.8, 4) is 22.6 Å². The number of anilines is 1. The monoisotopic (exact) mass is 278 g/mol. The number of para-hydroxylation sites is 1. The third-order valence-corrected chi connectivity index (χ3v) is 3.24. The molecule has 0 aliphatic heterocycles. The Hall–Kier alpha value is -2.95. The van der Waals surface area contributed by atoms with E-state index in [0.29, 0.717) is 22.8 Å². The molecule has 3 N–H and O–H groups in total. The first kappa shape index (κ1) is 13.1. The number of rotatable bonds is 2. The largest absolute Gasteiger partial charge is 0.398 e. The van der Waals surface area contributed by atoms with E-state index in [1.165, 1.54) is 0 Å². The Bertz CT molecular complexity index is 837. The van der Waals surface area contributed by atoms with Gasteiger partial charge in [0.25, 0.3) is 5.56 Å². The van der Waals surface area contributed by atoms with E-state index in [2.05, 4.69) is 15.2 Å². The average Bonchev–Trinajstić information content (AvgIpc) is 2.49. The SMILES string of the molecule is Cc1ccc(-c2nnc(-c3ccccc3N)[nH]c2=O)cc1. The first-order valence-electron chi connectivity index (χ1n) is 6.54. The quantitative estimate of drug-likeness (QED) is 0.705. The molecule has 5 heteroatoms. The van der Waals surface area contributed by atoms with E-state index in [-0.39, 0.29) is 5.56 Å². The lowest BCUT2D eigenvalue weighted by Gasteiger charge is -2.05. The van der Waals surface area contributed by atoms with Crippen LogP contribution < -0.4 is 11.3 Å². The van der Waals surface area contributed by atoms with E-state index in [9.17, 15) is 4.79 Å². The number of nitrogens with zero attached hydrogens (tertiary/aromatic N) is 2. The summed E-state index contributed by atoms with van der Waals surface area (Å²) in [7, 11) is 0. The molecule has 0 spiro atoms. The summed E-state index contributed by atoms with van der Waals surface area (Å²) in [6, 6.07) is 14.8. The number of nitrogen functional groups attached to an aromatic ring is 1. The predicted octanol–water partition coefficient (Wildman–Crippen LogP) is 2.39. The smallest absolute Gasteiger partial charge is 0.278 e. The standard InChI is InChI=1S/C16H14N4O/c1-10-6-8-11(9-7-10)14-16(21)18-15(20-19-14)12-4-2-3-5-13(12)17/h2-9H,17H2,1H3,(H,18,20,21). The highest BCUT2D eigenvalue weighted by Crippen LogP contribution is 2.21. The van der Waals surface area contributed by atoms with Crippen LogP contribution in [0.4, 0.5) is 5.69 Å². The molecule has 0 radical (unpaired) electrons. The van der Waals surface area contributed by atoms with Crippen molar-refractivity contribution >= 4 is 5.69 Å². The lowest BCUT2D eigenvalue weighted by Crippen LogP contribution is -2.14. The van der Waals surface area contributed by atoms with Crippen molar-refractivity contribution in [2.45, 2.75) is 6.92 Å². The second-order valence-electron chi connectivity index (χ2n) is 4.80. The normalized spacial score (nSPS) is 10.5. The molecule has 0 fully saturated rings. The molecule has 0 unspecified atom stereocenters. The molecular weight excluding hydrogens is 264 g/mol. The summed E-state index contributed by atoms with van der Waals surface area (Å²) in [6.45, 7) is 1.99. The Morgan fingerprint density at radius 2 is 1.71 bits per heavy atom. The van der Waals surface area contributed by atoms with Crippen LogP contribution in [0, 0.1) is 6.92 Å². The molecule has 3 rings (SSSR count). The number of nitrogens with two attached hydrogens (primary N) is 1. The van der Waals surface area contributed by atoms with E-state index in [4.69, 9.17) is 5.73 Å². The average molecular weight is 278 g/mol. The highest BCUT2D eigenvalue weighted by Gasteiger charge is 2.10. The van der Waals surface area contributed by atoms with Gasteiger partial charge in [-0.3, -0.25) is 4.79 Å². The van der Waals surface area contributed by atoms with Crippen LogP contribution in [0.15, 0.2) is 53.3 Å². The molecule has 1 aromatic heterocycles. The van der Waals surface area contributed by atoms with Gasteiger partial charge < -0.3 is 10.7 Å². The fourth-order valence-corrected chi connectivity index (χ4v) is 2.07. The first-order valence-corrected chi connectivity index (χ1v) is 6.54. The summed E-state index contributed by atoms with van der Waals surface area (Å²) >= 11 is 0. The van der Waals surface area contributed by atoms with Gasteiger partial charge in [0.05, 0.1) is 0 Å². The van der Waals surface area contributed by atoms with Gasteiger partial charge in [0.15, 0.2) is 11.5 Å². The molecule has 0 aliphatic rings. The van der Waals surface area contributed by atoms with Crippen molar-refractivity contribution in [3.05, 3.63) is 64.4 Å². The van der Waals surface area contributed by atoms with Gasteiger partial charge in [-0.15, -0.1) is 10.2 Å². The summed E-state index contributed by atoms with van der Waals surface area (Å²) in [4.78, 5) is 14.9. The Morgan fingerprint density at radius 3 is 2.38 bits per heavy atom. The van der Waals surface area contributed by atoms with Gasteiger partial charge in [0, 0.05) is 16.8 Å². The van der Waals surface area contributed by atoms with Crippen LogP contribution >= 0.6 is 0 Å². The summed E-state index contributed by atoms with van der Waals surface area (Å²) in [5.41, 5.74) is 8.96. The molecule has 104 valence electrons. The number of H-pyrrole nitrogens is 1. The van der Waals surface area contributed by atoms with E-state index in [1.54, 1.807) is 12.1 Å². The lowest BCUT2D eigenvalue weighted by atomic mass is 10.1. The minimum absolute atomic E-state index is 0.285. The molecule has 2 aromatic carbocycles. The minimum atomic E-state index is -0.285. The Labute approximate surface area is 121 Å². The summed E-state index contributed by atoms with van der Waals surface area (Å²) < 4.78 is 0. The Kier molecular flexibility index (Phi) is 3.23. The van der Waals surface area contributed by atoms with Crippen molar-refractivity contribution < 1.29 is 0 Å². The fourth-order valence-electron chi connectivity index (χ4n) is 2.07. The van der Waals surface area contributed by atoms with E-state index >= 15 is 0 Å². The topological polar surface area (TPSA) is 84.7 Å². The highest BCUT2D eigenvalue weighted by molar-refractivity contribution is 5.71. The van der Waals surface area contributed by atoms with Crippen LogP contribution in [0.25, 0.3) is 22.6 Å².